The number of hydrogen-bond donors (Lipinski definition) is 0. The molecule has 4 aromatic rings. The lowest BCUT2D eigenvalue weighted by molar-refractivity contribution is -0.131. The summed E-state index contributed by atoms with van der Waals surface area (Å²) < 4.78 is 31.6. The van der Waals surface area contributed by atoms with Crippen molar-refractivity contribution in [3.8, 4) is 0 Å². The molecule has 2 fully saturated rings. The summed E-state index contributed by atoms with van der Waals surface area (Å²) in [5, 5.41) is 0.198. The average molecular weight is 662 g/mol. The summed E-state index contributed by atoms with van der Waals surface area (Å²) in [5.74, 6) is -1.37. The molecular formula is C36H38ClF2N5O3. The first-order chi connectivity index (χ1) is 22.6. The van der Waals surface area contributed by atoms with Crippen LogP contribution < -0.4 is 15.2 Å². The van der Waals surface area contributed by atoms with Gasteiger partial charge in [0.1, 0.15) is 17.2 Å². The average Bonchev–Trinajstić information content (AvgIpc) is 3.09. The lowest BCUT2D eigenvalue weighted by atomic mass is 10.1. The largest absolute Gasteiger partial charge is 0.368 e. The Bertz CT molecular complexity index is 1860. The standard InChI is InChI=1S/C36H38ClF2N5O3/c1-3-40-23-28(36(47)44-18-17-43(22-24(44)2)26-10-11-29(37)30(38)19-26)35(46)27-20-31(39)33(21-32(27)40)41-13-15-42(16-14-41)34(45)12-9-25-7-5-4-6-8-25/h4-8,10-11,19-21,23-24H,3,9,12-18,22H2,1-2H3. The molecule has 0 bridgehead atoms. The Morgan fingerprint density at radius 3 is 2.30 bits per heavy atom. The van der Waals surface area contributed by atoms with Gasteiger partial charge < -0.3 is 24.2 Å². The Balaban J connectivity index is 1.17. The molecule has 0 N–H and O–H groups in total. The second-order valence-corrected chi connectivity index (χ2v) is 12.6. The molecule has 3 heterocycles. The van der Waals surface area contributed by atoms with Crippen molar-refractivity contribution in [2.45, 2.75) is 39.3 Å². The number of rotatable bonds is 7. The van der Waals surface area contributed by atoms with Crippen molar-refractivity contribution in [2.75, 3.05) is 55.6 Å². The maximum Gasteiger partial charge on any atom is 0.259 e. The third-order valence-electron chi connectivity index (χ3n) is 9.32. The van der Waals surface area contributed by atoms with Crippen LogP contribution in [-0.2, 0) is 17.8 Å². The number of aryl methyl sites for hydroxylation is 2. The molecule has 2 saturated heterocycles. The number of benzene rings is 3. The maximum absolute atomic E-state index is 15.7. The molecule has 0 aliphatic carbocycles. The van der Waals surface area contributed by atoms with Gasteiger partial charge in [0.25, 0.3) is 5.91 Å². The minimum Gasteiger partial charge on any atom is -0.368 e. The number of hydrogen-bond acceptors (Lipinski definition) is 5. The summed E-state index contributed by atoms with van der Waals surface area (Å²) in [4.78, 5) is 47.7. The van der Waals surface area contributed by atoms with E-state index in [4.69, 9.17) is 11.6 Å². The van der Waals surface area contributed by atoms with Gasteiger partial charge in [0.2, 0.25) is 11.3 Å². The minimum absolute atomic E-state index is 0.00744. The van der Waals surface area contributed by atoms with Crippen LogP contribution >= 0.6 is 11.6 Å². The van der Waals surface area contributed by atoms with E-state index in [0.29, 0.717) is 82.1 Å². The molecule has 246 valence electrons. The van der Waals surface area contributed by atoms with Crippen molar-refractivity contribution in [1.82, 2.24) is 14.4 Å². The highest BCUT2D eigenvalue weighted by Gasteiger charge is 2.31. The fourth-order valence-electron chi connectivity index (χ4n) is 6.64. The summed E-state index contributed by atoms with van der Waals surface area (Å²) in [6, 6.07) is 17.2. The second-order valence-electron chi connectivity index (χ2n) is 12.2. The highest BCUT2D eigenvalue weighted by Crippen LogP contribution is 2.28. The van der Waals surface area contributed by atoms with E-state index >= 15 is 4.39 Å². The Labute approximate surface area is 277 Å². The first-order valence-electron chi connectivity index (χ1n) is 16.1. The molecule has 2 aliphatic heterocycles. The lowest BCUT2D eigenvalue weighted by Gasteiger charge is -2.41. The lowest BCUT2D eigenvalue weighted by Crippen LogP contribution is -2.54. The molecule has 2 aliphatic rings. The quantitative estimate of drug-likeness (QED) is 0.259. The van der Waals surface area contributed by atoms with Crippen LogP contribution in [0.15, 0.2) is 71.7 Å². The van der Waals surface area contributed by atoms with Crippen LogP contribution in [-0.4, -0.2) is 78.0 Å². The number of pyridine rings is 1. The Morgan fingerprint density at radius 1 is 0.894 bits per heavy atom. The smallest absolute Gasteiger partial charge is 0.259 e. The first kappa shape index (κ1) is 32.5. The maximum atomic E-state index is 15.7. The van der Waals surface area contributed by atoms with E-state index in [1.807, 2.05) is 63.4 Å². The Morgan fingerprint density at radius 2 is 1.62 bits per heavy atom. The highest BCUT2D eigenvalue weighted by atomic mass is 35.5. The monoisotopic (exact) mass is 661 g/mol. The van der Waals surface area contributed by atoms with Gasteiger partial charge in [-0.05, 0) is 56.2 Å². The number of nitrogens with zero attached hydrogens (tertiary/aromatic N) is 5. The molecule has 47 heavy (non-hydrogen) atoms. The molecule has 0 radical (unpaired) electrons. The van der Waals surface area contributed by atoms with Crippen LogP contribution in [0.5, 0.6) is 0 Å². The molecule has 1 aromatic heterocycles. The summed E-state index contributed by atoms with van der Waals surface area (Å²) in [7, 11) is 0. The SMILES string of the molecule is CCn1cc(C(=O)N2CCN(c3ccc(Cl)c(F)c3)CC2C)c(=O)c2cc(F)c(N3CCN(C(=O)CCc4ccccc4)CC3)cc21. The summed E-state index contributed by atoms with van der Waals surface area (Å²) in [5.41, 5.74) is 2.20. The summed E-state index contributed by atoms with van der Waals surface area (Å²) in [6.07, 6.45) is 2.68. The van der Waals surface area contributed by atoms with E-state index < -0.39 is 23.0 Å². The highest BCUT2D eigenvalue weighted by molar-refractivity contribution is 6.30. The van der Waals surface area contributed by atoms with Crippen LogP contribution in [0, 0.1) is 11.6 Å². The van der Waals surface area contributed by atoms with Crippen molar-refractivity contribution < 1.29 is 18.4 Å². The summed E-state index contributed by atoms with van der Waals surface area (Å²) in [6.45, 7) is 7.42. The molecule has 0 spiro atoms. The van der Waals surface area contributed by atoms with Crippen LogP contribution in [0.25, 0.3) is 10.9 Å². The number of amides is 2. The number of anilines is 2. The third kappa shape index (κ3) is 6.70. The van der Waals surface area contributed by atoms with Crippen molar-refractivity contribution in [3.63, 3.8) is 0 Å². The predicted octanol–water partition coefficient (Wildman–Crippen LogP) is 5.59. The van der Waals surface area contributed by atoms with Gasteiger partial charge in [0.05, 0.1) is 16.2 Å². The number of halogens is 3. The predicted molar refractivity (Wildman–Crippen MR) is 182 cm³/mol. The number of carbonyl (C=O) groups is 2. The van der Waals surface area contributed by atoms with Crippen LogP contribution in [0.4, 0.5) is 20.2 Å². The van der Waals surface area contributed by atoms with Gasteiger partial charge in [-0.3, -0.25) is 14.4 Å². The second kappa shape index (κ2) is 13.7. The minimum atomic E-state index is -0.539. The topological polar surface area (TPSA) is 69.1 Å². The van der Waals surface area contributed by atoms with Gasteiger partial charge in [-0.15, -0.1) is 0 Å². The molecule has 2 amide bonds. The third-order valence-corrected chi connectivity index (χ3v) is 9.63. The van der Waals surface area contributed by atoms with Crippen molar-refractivity contribution in [1.29, 1.82) is 0 Å². The van der Waals surface area contributed by atoms with Gasteiger partial charge in [-0.2, -0.15) is 0 Å². The molecule has 3 aromatic carbocycles. The molecule has 8 nitrogen and oxygen atoms in total. The number of aromatic nitrogens is 1. The van der Waals surface area contributed by atoms with Crippen molar-refractivity contribution >= 4 is 45.7 Å². The van der Waals surface area contributed by atoms with Crippen LogP contribution in [0.2, 0.25) is 5.02 Å². The van der Waals surface area contributed by atoms with Gasteiger partial charge >= 0.3 is 0 Å². The fourth-order valence-corrected chi connectivity index (χ4v) is 6.75. The zero-order valence-corrected chi connectivity index (χ0v) is 27.3. The van der Waals surface area contributed by atoms with E-state index in [0.717, 1.165) is 5.56 Å². The Kier molecular flexibility index (Phi) is 9.50. The van der Waals surface area contributed by atoms with E-state index in [9.17, 15) is 18.8 Å². The van der Waals surface area contributed by atoms with E-state index in [1.165, 1.54) is 18.2 Å². The van der Waals surface area contributed by atoms with Gasteiger partial charge in [-0.25, -0.2) is 8.78 Å². The van der Waals surface area contributed by atoms with E-state index in [2.05, 4.69) is 0 Å². The fraction of sp³-hybridized carbons (Fsp3) is 0.361. The number of fused-ring (bicyclic) bond motifs is 1. The van der Waals surface area contributed by atoms with Gasteiger partial charge in [0.15, 0.2) is 0 Å². The molecule has 11 heteroatoms. The molecule has 0 saturated carbocycles. The van der Waals surface area contributed by atoms with Gasteiger partial charge in [-0.1, -0.05) is 41.9 Å². The van der Waals surface area contributed by atoms with Crippen molar-refractivity contribution in [3.05, 3.63) is 105 Å². The van der Waals surface area contributed by atoms with Crippen molar-refractivity contribution in [2.24, 2.45) is 0 Å². The summed E-state index contributed by atoms with van der Waals surface area (Å²) >= 11 is 5.84. The Hall–Kier alpha value is -4.44. The molecule has 1 atom stereocenters. The zero-order chi connectivity index (χ0) is 33.2. The first-order valence-corrected chi connectivity index (χ1v) is 16.5. The van der Waals surface area contributed by atoms with Crippen LogP contribution in [0.3, 0.4) is 0 Å². The normalized spacial score (nSPS) is 17.0. The molecule has 1 unspecified atom stereocenters. The van der Waals surface area contributed by atoms with Crippen LogP contribution in [0.1, 0.15) is 36.2 Å². The van der Waals surface area contributed by atoms with Gasteiger partial charge in [0, 0.05) is 82.1 Å². The van der Waals surface area contributed by atoms with E-state index in [1.54, 1.807) is 23.2 Å². The number of piperazine rings is 2. The molecular weight excluding hydrogens is 624 g/mol. The van der Waals surface area contributed by atoms with E-state index in [-0.39, 0.29) is 27.9 Å². The zero-order valence-electron chi connectivity index (χ0n) is 26.6. The molecule has 6 rings (SSSR count). The number of carbonyl (C=O) groups excluding carboxylic acids is 2.